The van der Waals surface area contributed by atoms with Gasteiger partial charge in [0.2, 0.25) is 0 Å². The van der Waals surface area contributed by atoms with Crippen molar-refractivity contribution in [3.8, 4) is 11.3 Å². The summed E-state index contributed by atoms with van der Waals surface area (Å²) in [6, 6.07) is 14.6. The Morgan fingerprint density at radius 1 is 1.05 bits per heavy atom. The molecule has 0 aliphatic carbocycles. The lowest BCUT2D eigenvalue weighted by atomic mass is 10.1. The van der Waals surface area contributed by atoms with E-state index in [4.69, 9.17) is 23.4 Å². The smallest absolute Gasteiger partial charge is 0.244 e. The predicted molar refractivity (Wildman–Crippen MR) is 77.7 cm³/mol. The monoisotopic (exact) mass is 290 g/mol. The molecule has 2 aromatic carbocycles. The van der Waals surface area contributed by atoms with Crippen LogP contribution in [0.4, 0.5) is 0 Å². The zero-order chi connectivity index (χ0) is 13.4. The van der Waals surface area contributed by atoms with Gasteiger partial charge in [0.05, 0.1) is 11.2 Å². The lowest BCUT2D eigenvalue weighted by Gasteiger charge is -2.08. The quantitative estimate of drug-likeness (QED) is 0.685. The number of halogens is 2. The first-order valence-electron chi connectivity index (χ1n) is 5.61. The molecule has 0 spiro atoms. The SMILES string of the molecule is O=c1nc(-c2ccccc2)c2cc(Cl)ccc2n1Cl. The number of benzene rings is 2. The molecule has 3 aromatic rings. The van der Waals surface area contributed by atoms with Crippen LogP contribution >= 0.6 is 23.4 Å². The van der Waals surface area contributed by atoms with E-state index >= 15 is 0 Å². The molecule has 19 heavy (non-hydrogen) atoms. The molecule has 0 N–H and O–H groups in total. The van der Waals surface area contributed by atoms with Crippen LogP contribution < -0.4 is 5.69 Å². The second-order valence-corrected chi connectivity index (χ2v) is 4.83. The molecule has 0 saturated heterocycles. The zero-order valence-corrected chi connectivity index (χ0v) is 11.2. The van der Waals surface area contributed by atoms with Gasteiger partial charge in [-0.2, -0.15) is 4.98 Å². The van der Waals surface area contributed by atoms with Crippen molar-refractivity contribution < 1.29 is 0 Å². The normalized spacial score (nSPS) is 10.8. The summed E-state index contributed by atoms with van der Waals surface area (Å²) in [7, 11) is 0. The van der Waals surface area contributed by atoms with E-state index in [0.29, 0.717) is 16.2 Å². The third-order valence-corrected chi connectivity index (χ3v) is 3.41. The van der Waals surface area contributed by atoms with Crippen LogP contribution in [-0.4, -0.2) is 9.07 Å². The lowest BCUT2D eigenvalue weighted by Crippen LogP contribution is -2.17. The summed E-state index contributed by atoms with van der Waals surface area (Å²) in [4.78, 5) is 15.8. The molecule has 5 heteroatoms. The van der Waals surface area contributed by atoms with Gasteiger partial charge in [0.15, 0.2) is 0 Å². The van der Waals surface area contributed by atoms with Crippen LogP contribution in [-0.2, 0) is 0 Å². The Labute approximate surface area is 119 Å². The van der Waals surface area contributed by atoms with E-state index in [-0.39, 0.29) is 0 Å². The summed E-state index contributed by atoms with van der Waals surface area (Å²) in [6.07, 6.45) is 0. The van der Waals surface area contributed by atoms with E-state index in [0.717, 1.165) is 15.0 Å². The van der Waals surface area contributed by atoms with Crippen LogP contribution in [0.2, 0.25) is 5.02 Å². The molecule has 0 unspecified atom stereocenters. The van der Waals surface area contributed by atoms with E-state index in [1.807, 2.05) is 30.3 Å². The fourth-order valence-corrected chi connectivity index (χ4v) is 2.35. The fraction of sp³-hybridized carbons (Fsp3) is 0. The van der Waals surface area contributed by atoms with Gasteiger partial charge >= 0.3 is 5.69 Å². The molecule has 0 amide bonds. The maximum absolute atomic E-state index is 11.8. The number of fused-ring (bicyclic) bond motifs is 1. The van der Waals surface area contributed by atoms with E-state index in [2.05, 4.69) is 4.98 Å². The first-order chi connectivity index (χ1) is 9.16. The Morgan fingerprint density at radius 2 is 1.79 bits per heavy atom. The van der Waals surface area contributed by atoms with E-state index in [1.54, 1.807) is 18.2 Å². The van der Waals surface area contributed by atoms with E-state index in [1.165, 1.54) is 0 Å². The van der Waals surface area contributed by atoms with Crippen LogP contribution in [0.15, 0.2) is 53.3 Å². The van der Waals surface area contributed by atoms with Gasteiger partial charge in [0, 0.05) is 27.7 Å². The minimum absolute atomic E-state index is 0.504. The predicted octanol–water partition coefficient (Wildman–Crippen LogP) is 3.72. The lowest BCUT2D eigenvalue weighted by molar-refractivity contribution is 1.06. The van der Waals surface area contributed by atoms with Crippen LogP contribution in [0.3, 0.4) is 0 Å². The first kappa shape index (κ1) is 12.2. The van der Waals surface area contributed by atoms with Gasteiger partial charge in [0.25, 0.3) is 0 Å². The minimum atomic E-state index is -0.504. The van der Waals surface area contributed by atoms with Gasteiger partial charge in [-0.05, 0) is 18.2 Å². The third-order valence-electron chi connectivity index (χ3n) is 2.85. The van der Waals surface area contributed by atoms with E-state index < -0.39 is 5.69 Å². The molecule has 0 saturated carbocycles. The number of rotatable bonds is 1. The van der Waals surface area contributed by atoms with Crippen molar-refractivity contribution >= 4 is 34.3 Å². The minimum Gasteiger partial charge on any atom is -0.244 e. The Kier molecular flexibility index (Phi) is 3.01. The Balaban J connectivity index is 2.45. The van der Waals surface area contributed by atoms with Gasteiger partial charge in [-0.1, -0.05) is 41.9 Å². The van der Waals surface area contributed by atoms with Crippen molar-refractivity contribution in [3.63, 3.8) is 0 Å². The van der Waals surface area contributed by atoms with Crippen LogP contribution in [0.5, 0.6) is 0 Å². The van der Waals surface area contributed by atoms with Gasteiger partial charge < -0.3 is 0 Å². The third kappa shape index (κ3) is 2.11. The maximum Gasteiger partial charge on any atom is 0.363 e. The summed E-state index contributed by atoms with van der Waals surface area (Å²) in [6.45, 7) is 0. The summed E-state index contributed by atoms with van der Waals surface area (Å²) in [5.74, 6) is 0. The molecule has 94 valence electrons. The molecule has 1 heterocycles. The van der Waals surface area contributed by atoms with Crippen molar-refractivity contribution in [3.05, 3.63) is 64.0 Å². The summed E-state index contributed by atoms with van der Waals surface area (Å²) in [5, 5.41) is 1.31. The fourth-order valence-electron chi connectivity index (χ4n) is 1.99. The van der Waals surface area contributed by atoms with Gasteiger partial charge in [-0.25, -0.2) is 8.88 Å². The Bertz CT molecular complexity index is 813. The highest BCUT2D eigenvalue weighted by molar-refractivity contribution is 6.31. The standard InChI is InChI=1S/C14H8Cl2N2O/c15-10-6-7-12-11(8-10)13(17-14(19)18(12)16)9-4-2-1-3-5-9/h1-8H. The highest BCUT2D eigenvalue weighted by atomic mass is 35.5. The molecule has 0 atom stereocenters. The van der Waals surface area contributed by atoms with Crippen LogP contribution in [0, 0.1) is 0 Å². The molecule has 1 aromatic heterocycles. The molecule has 0 bridgehead atoms. The molecule has 0 radical (unpaired) electrons. The van der Waals surface area contributed by atoms with Crippen LogP contribution in [0.25, 0.3) is 22.2 Å². The van der Waals surface area contributed by atoms with Gasteiger partial charge in [0.1, 0.15) is 0 Å². The highest BCUT2D eigenvalue weighted by Gasteiger charge is 2.11. The van der Waals surface area contributed by atoms with Gasteiger partial charge in [-0.15, -0.1) is 0 Å². The molecule has 0 aliphatic rings. The van der Waals surface area contributed by atoms with Crippen molar-refractivity contribution in [1.29, 1.82) is 0 Å². The molecule has 3 rings (SSSR count). The number of nitrogens with zero attached hydrogens (tertiary/aromatic N) is 2. The second-order valence-electron chi connectivity index (χ2n) is 4.05. The average Bonchev–Trinajstić information content (AvgIpc) is 2.43. The van der Waals surface area contributed by atoms with Crippen molar-refractivity contribution in [2.45, 2.75) is 0 Å². The molecule has 0 aliphatic heterocycles. The van der Waals surface area contributed by atoms with Crippen LogP contribution in [0.1, 0.15) is 0 Å². The van der Waals surface area contributed by atoms with E-state index in [9.17, 15) is 4.79 Å². The van der Waals surface area contributed by atoms with Crippen molar-refractivity contribution in [2.75, 3.05) is 0 Å². The second kappa shape index (κ2) is 4.68. The number of hydrogen-bond acceptors (Lipinski definition) is 2. The van der Waals surface area contributed by atoms with Gasteiger partial charge in [-0.3, -0.25) is 0 Å². The van der Waals surface area contributed by atoms with Crippen molar-refractivity contribution in [1.82, 2.24) is 9.07 Å². The number of hydrogen-bond donors (Lipinski definition) is 0. The summed E-state index contributed by atoms with van der Waals surface area (Å²) in [5.41, 5.74) is 1.52. The topological polar surface area (TPSA) is 34.9 Å². The summed E-state index contributed by atoms with van der Waals surface area (Å²) < 4.78 is 0.998. The largest absolute Gasteiger partial charge is 0.363 e. The molecule has 0 fully saturated rings. The Hall–Kier alpha value is -1.84. The zero-order valence-electron chi connectivity index (χ0n) is 9.68. The molecule has 3 nitrogen and oxygen atoms in total. The average molecular weight is 291 g/mol. The Morgan fingerprint density at radius 3 is 2.53 bits per heavy atom. The maximum atomic E-state index is 11.8. The first-order valence-corrected chi connectivity index (χ1v) is 6.32. The highest BCUT2D eigenvalue weighted by Crippen LogP contribution is 2.27. The number of aromatic nitrogens is 2. The van der Waals surface area contributed by atoms with Crippen molar-refractivity contribution in [2.24, 2.45) is 0 Å². The molecular formula is C14H8Cl2N2O. The summed E-state index contributed by atoms with van der Waals surface area (Å²) >= 11 is 11.9. The molecular weight excluding hydrogens is 283 g/mol.